The first-order chi connectivity index (χ1) is 9.41. The molecule has 1 N–H and O–H groups in total. The Hall–Kier alpha value is -1.21. The fraction of sp³-hybridized carbons (Fsp3) is 0.462. The minimum absolute atomic E-state index is 0.292. The molecule has 0 spiro atoms. The Morgan fingerprint density at radius 2 is 2.15 bits per heavy atom. The standard InChI is InChI=1S/C13H14F3NO2S/c1-19-12(18)11-7-20-6-10(17-11)8-3-2-4-9(5-8)13(14,15)16/h2-5,10-11,17H,6-7H2,1H3. The molecule has 0 aromatic heterocycles. The smallest absolute Gasteiger partial charge is 0.416 e. The van der Waals surface area contributed by atoms with Crippen LogP contribution in [0, 0.1) is 0 Å². The summed E-state index contributed by atoms with van der Waals surface area (Å²) in [5, 5.41) is 3.04. The number of rotatable bonds is 2. The lowest BCUT2D eigenvalue weighted by atomic mass is 10.0. The zero-order valence-electron chi connectivity index (χ0n) is 10.7. The van der Waals surface area contributed by atoms with Crippen LogP contribution in [-0.4, -0.2) is 30.6 Å². The Bertz CT molecular complexity index is 493. The van der Waals surface area contributed by atoms with Gasteiger partial charge in [0.2, 0.25) is 0 Å². The number of halogens is 3. The molecule has 20 heavy (non-hydrogen) atoms. The molecule has 0 saturated carbocycles. The van der Waals surface area contributed by atoms with Gasteiger partial charge in [-0.1, -0.05) is 12.1 Å². The van der Waals surface area contributed by atoms with Crippen molar-refractivity contribution in [1.82, 2.24) is 5.32 Å². The fourth-order valence-electron chi connectivity index (χ4n) is 2.05. The van der Waals surface area contributed by atoms with Crippen molar-refractivity contribution in [3.63, 3.8) is 0 Å². The van der Waals surface area contributed by atoms with Crippen LogP contribution in [0.5, 0.6) is 0 Å². The van der Waals surface area contributed by atoms with Crippen LogP contribution in [0.4, 0.5) is 13.2 Å². The van der Waals surface area contributed by atoms with E-state index in [1.54, 1.807) is 6.07 Å². The summed E-state index contributed by atoms with van der Waals surface area (Å²) >= 11 is 1.52. The second-order valence-corrected chi connectivity index (χ2v) is 5.53. The van der Waals surface area contributed by atoms with Gasteiger partial charge in [0.25, 0.3) is 0 Å². The molecule has 1 saturated heterocycles. The number of nitrogens with one attached hydrogen (secondary N) is 1. The third kappa shape index (κ3) is 3.46. The van der Waals surface area contributed by atoms with Crippen LogP contribution in [0.25, 0.3) is 0 Å². The van der Waals surface area contributed by atoms with E-state index in [4.69, 9.17) is 0 Å². The topological polar surface area (TPSA) is 38.3 Å². The Morgan fingerprint density at radius 3 is 2.80 bits per heavy atom. The third-order valence-corrected chi connectivity index (χ3v) is 4.21. The fourth-order valence-corrected chi connectivity index (χ4v) is 3.17. The summed E-state index contributed by atoms with van der Waals surface area (Å²) in [5.41, 5.74) is -0.150. The Balaban J connectivity index is 2.17. The van der Waals surface area contributed by atoms with E-state index in [0.717, 1.165) is 12.1 Å². The molecule has 2 atom stereocenters. The van der Waals surface area contributed by atoms with Crippen molar-refractivity contribution in [2.45, 2.75) is 18.3 Å². The van der Waals surface area contributed by atoms with Gasteiger partial charge in [-0.3, -0.25) is 10.1 Å². The number of alkyl halides is 3. The van der Waals surface area contributed by atoms with E-state index in [0.29, 0.717) is 17.1 Å². The average Bonchev–Trinajstić information content (AvgIpc) is 2.46. The molecule has 0 aliphatic carbocycles. The van der Waals surface area contributed by atoms with Crippen molar-refractivity contribution < 1.29 is 22.7 Å². The van der Waals surface area contributed by atoms with Gasteiger partial charge in [-0.05, 0) is 17.7 Å². The number of carbonyl (C=O) groups excluding carboxylic acids is 1. The van der Waals surface area contributed by atoms with Gasteiger partial charge in [0.1, 0.15) is 6.04 Å². The minimum Gasteiger partial charge on any atom is -0.468 e. The van der Waals surface area contributed by atoms with Gasteiger partial charge in [0, 0.05) is 17.5 Å². The van der Waals surface area contributed by atoms with Crippen LogP contribution in [0.1, 0.15) is 17.2 Å². The molecular weight excluding hydrogens is 291 g/mol. The molecule has 3 nitrogen and oxygen atoms in total. The summed E-state index contributed by atoms with van der Waals surface area (Å²) < 4.78 is 42.7. The molecule has 2 unspecified atom stereocenters. The molecule has 1 aliphatic rings. The van der Waals surface area contributed by atoms with Crippen LogP contribution in [0.3, 0.4) is 0 Å². The Morgan fingerprint density at radius 1 is 1.40 bits per heavy atom. The van der Waals surface area contributed by atoms with Crippen LogP contribution in [0.2, 0.25) is 0 Å². The first kappa shape index (κ1) is 15.2. The van der Waals surface area contributed by atoms with E-state index in [1.807, 2.05) is 0 Å². The van der Waals surface area contributed by atoms with E-state index in [1.165, 1.54) is 24.9 Å². The lowest BCUT2D eigenvalue weighted by Gasteiger charge is -2.29. The number of esters is 1. The van der Waals surface area contributed by atoms with Crippen molar-refractivity contribution in [3.05, 3.63) is 35.4 Å². The van der Waals surface area contributed by atoms with Gasteiger partial charge in [0.05, 0.1) is 12.7 Å². The molecule has 1 aromatic carbocycles. The van der Waals surface area contributed by atoms with Crippen molar-refractivity contribution in [2.75, 3.05) is 18.6 Å². The zero-order chi connectivity index (χ0) is 14.8. The number of thioether (sulfide) groups is 1. The molecule has 2 rings (SSSR count). The first-order valence-corrected chi connectivity index (χ1v) is 7.16. The number of hydrogen-bond donors (Lipinski definition) is 1. The Labute approximate surface area is 118 Å². The molecule has 110 valence electrons. The zero-order valence-corrected chi connectivity index (χ0v) is 11.6. The average molecular weight is 305 g/mol. The maximum atomic E-state index is 12.7. The normalized spacial score (nSPS) is 23.4. The monoisotopic (exact) mass is 305 g/mol. The second kappa shape index (κ2) is 6.05. The van der Waals surface area contributed by atoms with Gasteiger partial charge in [-0.25, -0.2) is 0 Å². The van der Waals surface area contributed by atoms with E-state index in [2.05, 4.69) is 10.1 Å². The van der Waals surface area contributed by atoms with Crippen molar-refractivity contribution >= 4 is 17.7 Å². The molecular formula is C13H14F3NO2S. The van der Waals surface area contributed by atoms with Crippen LogP contribution in [-0.2, 0) is 15.7 Å². The van der Waals surface area contributed by atoms with E-state index in [-0.39, 0.29) is 6.04 Å². The van der Waals surface area contributed by atoms with Gasteiger partial charge in [0.15, 0.2) is 0 Å². The van der Waals surface area contributed by atoms with Crippen LogP contribution in [0.15, 0.2) is 24.3 Å². The maximum Gasteiger partial charge on any atom is 0.416 e. The van der Waals surface area contributed by atoms with Gasteiger partial charge < -0.3 is 4.74 Å². The van der Waals surface area contributed by atoms with Gasteiger partial charge >= 0.3 is 12.1 Å². The molecule has 7 heteroatoms. The van der Waals surface area contributed by atoms with E-state index in [9.17, 15) is 18.0 Å². The minimum atomic E-state index is -4.36. The molecule has 1 aromatic rings. The SMILES string of the molecule is COC(=O)C1CSCC(c2cccc(C(F)(F)F)c2)N1. The summed E-state index contributed by atoms with van der Waals surface area (Å²) in [5.74, 6) is 0.783. The van der Waals surface area contributed by atoms with E-state index >= 15 is 0 Å². The number of ether oxygens (including phenoxy) is 1. The highest BCUT2D eigenvalue weighted by Crippen LogP contribution is 2.32. The predicted molar refractivity (Wildman–Crippen MR) is 70.4 cm³/mol. The highest BCUT2D eigenvalue weighted by molar-refractivity contribution is 7.99. The van der Waals surface area contributed by atoms with Crippen molar-refractivity contribution in [1.29, 1.82) is 0 Å². The van der Waals surface area contributed by atoms with Gasteiger partial charge in [-0.15, -0.1) is 0 Å². The maximum absolute atomic E-state index is 12.7. The predicted octanol–water partition coefficient (Wildman–Crippen LogP) is 2.62. The number of hydrogen-bond acceptors (Lipinski definition) is 4. The Kier molecular flexibility index (Phi) is 4.59. The molecule has 1 aliphatic heterocycles. The summed E-state index contributed by atoms with van der Waals surface area (Å²) in [4.78, 5) is 11.5. The van der Waals surface area contributed by atoms with Crippen LogP contribution < -0.4 is 5.32 Å². The highest BCUT2D eigenvalue weighted by atomic mass is 32.2. The number of carbonyl (C=O) groups is 1. The van der Waals surface area contributed by atoms with Crippen molar-refractivity contribution in [3.8, 4) is 0 Å². The van der Waals surface area contributed by atoms with Gasteiger partial charge in [-0.2, -0.15) is 24.9 Å². The lowest BCUT2D eigenvalue weighted by Crippen LogP contribution is -2.45. The molecule has 0 amide bonds. The second-order valence-electron chi connectivity index (χ2n) is 4.46. The quantitative estimate of drug-likeness (QED) is 0.853. The first-order valence-electron chi connectivity index (χ1n) is 6.00. The number of benzene rings is 1. The lowest BCUT2D eigenvalue weighted by molar-refractivity contribution is -0.143. The highest BCUT2D eigenvalue weighted by Gasteiger charge is 2.32. The summed E-state index contributed by atoms with van der Waals surface area (Å²) in [6, 6.07) is 4.40. The summed E-state index contributed by atoms with van der Waals surface area (Å²) in [6.45, 7) is 0. The third-order valence-electron chi connectivity index (χ3n) is 3.07. The molecule has 0 bridgehead atoms. The molecule has 1 heterocycles. The summed E-state index contributed by atoms with van der Waals surface area (Å²) in [6.07, 6.45) is -4.36. The van der Waals surface area contributed by atoms with E-state index < -0.39 is 23.8 Å². The molecule has 0 radical (unpaired) electrons. The van der Waals surface area contributed by atoms with Crippen LogP contribution >= 0.6 is 11.8 Å². The molecule has 1 fully saturated rings. The van der Waals surface area contributed by atoms with Crippen molar-refractivity contribution in [2.24, 2.45) is 0 Å². The summed E-state index contributed by atoms with van der Waals surface area (Å²) in [7, 11) is 1.29. The largest absolute Gasteiger partial charge is 0.468 e. The number of methoxy groups -OCH3 is 1.